The second-order valence-electron chi connectivity index (χ2n) is 7.37. The zero-order chi connectivity index (χ0) is 26.2. The van der Waals surface area contributed by atoms with Gasteiger partial charge in [0.15, 0.2) is 17.2 Å². The number of nitrogens with one attached hydrogen (secondary N) is 2. The quantitative estimate of drug-likeness (QED) is 0.389. The Labute approximate surface area is 210 Å². The van der Waals surface area contributed by atoms with Gasteiger partial charge in [-0.1, -0.05) is 23.2 Å². The molecule has 0 bridgehead atoms. The zero-order valence-corrected chi connectivity index (χ0v) is 20.1. The van der Waals surface area contributed by atoms with Gasteiger partial charge in [-0.2, -0.15) is 9.78 Å². The lowest BCUT2D eigenvalue weighted by Gasteiger charge is -2.14. The molecular formula is C19H15Cl2F2N5O7S. The number of halogens is 4. The van der Waals surface area contributed by atoms with Gasteiger partial charge in [0.25, 0.3) is 12.0 Å². The molecule has 4 rings (SSSR count). The predicted molar refractivity (Wildman–Crippen MR) is 121 cm³/mol. The van der Waals surface area contributed by atoms with Crippen LogP contribution in [0.1, 0.15) is 18.5 Å². The number of aromatic hydroxyl groups is 1. The highest BCUT2D eigenvalue weighted by Gasteiger charge is 2.27. The van der Waals surface area contributed by atoms with Gasteiger partial charge in [-0.3, -0.25) is 9.78 Å². The van der Waals surface area contributed by atoms with E-state index in [9.17, 15) is 31.9 Å². The fourth-order valence-corrected chi connectivity index (χ4v) is 5.08. The molecule has 192 valence electrons. The molecule has 1 aromatic carbocycles. The van der Waals surface area contributed by atoms with Crippen LogP contribution in [-0.4, -0.2) is 52.5 Å². The molecule has 0 saturated carbocycles. The van der Waals surface area contributed by atoms with Crippen molar-refractivity contribution >= 4 is 33.2 Å². The van der Waals surface area contributed by atoms with E-state index in [0.717, 1.165) is 24.4 Å². The number of aromatic nitrogens is 4. The van der Waals surface area contributed by atoms with Crippen LogP contribution < -0.4 is 20.7 Å². The van der Waals surface area contributed by atoms with Crippen molar-refractivity contribution < 1.29 is 31.8 Å². The molecule has 0 radical (unpaired) electrons. The van der Waals surface area contributed by atoms with Crippen LogP contribution in [0.2, 0.25) is 10.0 Å². The number of H-pyrrole nitrogens is 1. The number of rotatable bonds is 7. The zero-order valence-electron chi connectivity index (χ0n) is 17.7. The van der Waals surface area contributed by atoms with Gasteiger partial charge in [-0.05, 0) is 18.6 Å². The Morgan fingerprint density at radius 1 is 1.25 bits per heavy atom. The smallest absolute Gasteiger partial charge is 0.349 e. The number of alkyl halides is 2. The average molecular weight is 566 g/mol. The first-order valence-electron chi connectivity index (χ1n) is 9.94. The third-order valence-corrected chi connectivity index (χ3v) is 6.97. The fraction of sp³-hybridized carbons (Fsp3) is 0.263. The molecule has 2 aromatic heterocycles. The maximum Gasteiger partial charge on any atom is 0.349 e. The Kier molecular flexibility index (Phi) is 7.28. The molecule has 0 aliphatic carbocycles. The lowest BCUT2D eigenvalue weighted by molar-refractivity contribution is 0.141. The Morgan fingerprint density at radius 3 is 2.56 bits per heavy atom. The van der Waals surface area contributed by atoms with Crippen LogP contribution in [-0.2, 0) is 14.8 Å². The first-order valence-corrected chi connectivity index (χ1v) is 12.2. The molecule has 1 fully saturated rings. The highest BCUT2D eigenvalue weighted by molar-refractivity contribution is 7.89. The average Bonchev–Trinajstić information content (AvgIpc) is 3.29. The van der Waals surface area contributed by atoms with Crippen molar-refractivity contribution in [1.82, 2.24) is 24.5 Å². The van der Waals surface area contributed by atoms with Crippen molar-refractivity contribution in [3.05, 3.63) is 61.0 Å². The minimum Gasteiger partial charge on any atom is -0.505 e. The maximum absolute atomic E-state index is 13.0. The van der Waals surface area contributed by atoms with Gasteiger partial charge in [0.1, 0.15) is 4.90 Å². The topological polar surface area (TPSA) is 166 Å². The molecule has 1 unspecified atom stereocenters. The Balaban J connectivity index is 1.67. The van der Waals surface area contributed by atoms with Crippen LogP contribution in [0.25, 0.3) is 5.69 Å². The summed E-state index contributed by atoms with van der Waals surface area (Å²) in [6, 6.07) is 2.64. The number of hydrogen-bond donors (Lipinski definition) is 3. The number of sulfonamides is 1. The minimum absolute atomic E-state index is 0.176. The maximum atomic E-state index is 13.0. The summed E-state index contributed by atoms with van der Waals surface area (Å²) < 4.78 is 65.0. The van der Waals surface area contributed by atoms with Crippen molar-refractivity contribution in [1.29, 1.82) is 0 Å². The van der Waals surface area contributed by atoms with E-state index in [1.54, 1.807) is 4.98 Å². The summed E-state index contributed by atoms with van der Waals surface area (Å²) in [4.78, 5) is 28.6. The summed E-state index contributed by atoms with van der Waals surface area (Å²) in [5, 5.41) is 12.9. The van der Waals surface area contributed by atoms with Crippen LogP contribution >= 0.6 is 23.2 Å². The monoisotopic (exact) mass is 565 g/mol. The first kappa shape index (κ1) is 26.0. The lowest BCUT2D eigenvalue weighted by Crippen LogP contribution is -2.35. The van der Waals surface area contributed by atoms with E-state index in [4.69, 9.17) is 32.7 Å². The van der Waals surface area contributed by atoms with E-state index in [2.05, 4.69) is 14.8 Å². The molecule has 1 saturated heterocycles. The van der Waals surface area contributed by atoms with E-state index in [1.807, 2.05) is 0 Å². The van der Waals surface area contributed by atoms with Crippen LogP contribution in [0.3, 0.4) is 0 Å². The predicted octanol–water partition coefficient (Wildman–Crippen LogP) is 2.13. The molecule has 0 amide bonds. The normalized spacial score (nSPS) is 16.0. The van der Waals surface area contributed by atoms with Crippen LogP contribution in [0, 0.1) is 0 Å². The van der Waals surface area contributed by atoms with Gasteiger partial charge >= 0.3 is 5.69 Å². The number of ether oxygens (including phenoxy) is 2. The van der Waals surface area contributed by atoms with Gasteiger partial charge in [-0.15, -0.1) is 0 Å². The molecule has 1 aliphatic heterocycles. The summed E-state index contributed by atoms with van der Waals surface area (Å²) >= 11 is 12.4. The SMILES string of the molecule is O=c1[nH]c(=O)n(-c2cc(Cl)c(Oc3cc(S(=O)(=O)NC4CCOC4)c(O)cn3)c(Cl)c2)nc1C(F)F. The molecule has 36 heavy (non-hydrogen) atoms. The molecule has 17 heteroatoms. The van der Waals surface area contributed by atoms with Crippen molar-refractivity contribution in [3.63, 3.8) is 0 Å². The van der Waals surface area contributed by atoms with Crippen LogP contribution in [0.4, 0.5) is 8.78 Å². The molecule has 12 nitrogen and oxygen atoms in total. The summed E-state index contributed by atoms with van der Waals surface area (Å²) in [5.74, 6) is -1.18. The number of pyridine rings is 1. The number of hydrogen-bond acceptors (Lipinski definition) is 9. The standard InChI is InChI=1S/C19H15Cl2F2N5O7S/c20-10-3-9(28-19(31)25-18(30)15(26-28)17(22)23)4-11(21)16(10)35-14-5-13(12(29)6-24-14)36(32,33)27-8-1-2-34-7-8/h3-6,8,17,27,29H,1-2,7H2,(H,25,30,31). The lowest BCUT2D eigenvalue weighted by atomic mass is 10.3. The van der Waals surface area contributed by atoms with Gasteiger partial charge in [0, 0.05) is 18.7 Å². The van der Waals surface area contributed by atoms with Crippen molar-refractivity contribution in [2.75, 3.05) is 13.2 Å². The third kappa shape index (κ3) is 5.34. The largest absolute Gasteiger partial charge is 0.505 e. The van der Waals surface area contributed by atoms with E-state index < -0.39 is 50.1 Å². The summed E-state index contributed by atoms with van der Waals surface area (Å²) in [6.07, 6.45) is -1.95. The number of benzene rings is 1. The summed E-state index contributed by atoms with van der Waals surface area (Å²) in [7, 11) is -4.17. The third-order valence-electron chi connectivity index (χ3n) is 4.86. The van der Waals surface area contributed by atoms with Gasteiger partial charge in [-0.25, -0.2) is 31.7 Å². The second kappa shape index (κ2) is 10.1. The molecule has 1 aliphatic rings. The minimum atomic E-state index is -4.17. The van der Waals surface area contributed by atoms with Crippen molar-refractivity contribution in [2.24, 2.45) is 0 Å². The molecule has 3 heterocycles. The van der Waals surface area contributed by atoms with Gasteiger partial charge < -0.3 is 14.6 Å². The first-order chi connectivity index (χ1) is 17.0. The summed E-state index contributed by atoms with van der Waals surface area (Å²) in [6.45, 7) is 0.569. The molecule has 1 atom stereocenters. The molecule has 0 spiro atoms. The highest BCUT2D eigenvalue weighted by atomic mass is 35.5. The van der Waals surface area contributed by atoms with E-state index in [1.165, 1.54) is 0 Å². The molecular weight excluding hydrogens is 551 g/mol. The van der Waals surface area contributed by atoms with Crippen LogP contribution in [0.5, 0.6) is 17.4 Å². The number of nitrogens with zero attached hydrogens (tertiary/aromatic N) is 3. The van der Waals surface area contributed by atoms with E-state index in [0.29, 0.717) is 17.7 Å². The summed E-state index contributed by atoms with van der Waals surface area (Å²) in [5.41, 5.74) is -3.84. The van der Waals surface area contributed by atoms with E-state index in [-0.39, 0.29) is 34.0 Å². The molecule has 3 aromatic rings. The van der Waals surface area contributed by atoms with Crippen molar-refractivity contribution in [3.8, 4) is 23.1 Å². The second-order valence-corrected chi connectivity index (χ2v) is 9.87. The van der Waals surface area contributed by atoms with Gasteiger partial charge in [0.05, 0.1) is 28.5 Å². The van der Waals surface area contributed by atoms with E-state index >= 15 is 0 Å². The van der Waals surface area contributed by atoms with Crippen LogP contribution in [0.15, 0.2) is 38.9 Å². The molecule has 3 N–H and O–H groups in total. The van der Waals surface area contributed by atoms with Crippen molar-refractivity contribution in [2.45, 2.75) is 23.8 Å². The Bertz CT molecular complexity index is 1520. The fourth-order valence-electron chi connectivity index (χ4n) is 3.19. The Morgan fingerprint density at radius 2 is 1.94 bits per heavy atom. The van der Waals surface area contributed by atoms with Gasteiger partial charge in [0.2, 0.25) is 15.9 Å². The number of aromatic amines is 1. The Hall–Kier alpha value is -3.11. The highest BCUT2D eigenvalue weighted by Crippen LogP contribution is 2.38.